The molecule has 0 radical (unpaired) electrons. The minimum absolute atomic E-state index is 0.0560. The molecule has 0 spiro atoms. The maximum absolute atomic E-state index is 11.0. The number of nitrogens with one attached hydrogen (secondary N) is 1. The fourth-order valence-corrected chi connectivity index (χ4v) is 1.18. The minimum atomic E-state index is -3.13. The summed E-state index contributed by atoms with van der Waals surface area (Å²) in [5, 5.41) is 5.28. The van der Waals surface area contributed by atoms with E-state index in [0.29, 0.717) is 0 Å². The maximum atomic E-state index is 11.0. The summed E-state index contributed by atoms with van der Waals surface area (Å²) < 4.78 is 22.0. The molecule has 6 nitrogen and oxygen atoms in total. The van der Waals surface area contributed by atoms with Crippen molar-refractivity contribution in [2.75, 3.05) is 12.0 Å². The van der Waals surface area contributed by atoms with E-state index in [4.69, 9.17) is 5.73 Å². The fourth-order valence-electron chi connectivity index (χ4n) is 0.673. The molecule has 0 fully saturated rings. The highest BCUT2D eigenvalue weighted by Crippen LogP contribution is 2.16. The molecule has 0 aromatic carbocycles. The van der Waals surface area contributed by atoms with Crippen LogP contribution in [0.4, 0.5) is 5.95 Å². The highest BCUT2D eigenvalue weighted by atomic mass is 32.2. The summed E-state index contributed by atoms with van der Waals surface area (Å²) in [6.07, 6.45) is 1.14. The number of sulfone groups is 1. The lowest BCUT2D eigenvalue weighted by atomic mass is 10.5. The van der Waals surface area contributed by atoms with Crippen LogP contribution in [0.5, 0.6) is 0 Å². The molecule has 3 N–H and O–H groups in total. The Morgan fingerprint density at radius 3 is 2.50 bits per heavy atom. The van der Waals surface area contributed by atoms with Gasteiger partial charge in [0.1, 0.15) is 11.1 Å². The van der Waals surface area contributed by atoms with Crippen molar-refractivity contribution in [2.24, 2.45) is 0 Å². The molecule has 1 heterocycles. The molecule has 0 amide bonds. The van der Waals surface area contributed by atoms with Crippen LogP contribution in [0, 0.1) is 0 Å². The van der Waals surface area contributed by atoms with Gasteiger partial charge < -0.3 is 5.73 Å². The van der Waals surface area contributed by atoms with Crippen molar-refractivity contribution < 1.29 is 8.42 Å². The zero-order chi connectivity index (χ0) is 9.35. The minimum Gasteiger partial charge on any atom is -0.367 e. The fraction of sp³-hybridized carbons (Fsp3) is 0.600. The first-order valence-corrected chi connectivity index (χ1v) is 5.23. The molecule has 0 aliphatic rings. The van der Waals surface area contributed by atoms with Crippen molar-refractivity contribution in [3.8, 4) is 0 Å². The van der Waals surface area contributed by atoms with Crippen molar-refractivity contribution in [3.63, 3.8) is 0 Å². The van der Waals surface area contributed by atoms with Crippen molar-refractivity contribution in [2.45, 2.75) is 12.2 Å². The van der Waals surface area contributed by atoms with Gasteiger partial charge in [-0.25, -0.2) is 8.42 Å². The Kier molecular flexibility index (Phi) is 2.05. The van der Waals surface area contributed by atoms with Crippen molar-refractivity contribution in [3.05, 3.63) is 5.82 Å². The topological polar surface area (TPSA) is 102 Å². The summed E-state index contributed by atoms with van der Waals surface area (Å²) in [6, 6.07) is 0. The van der Waals surface area contributed by atoms with E-state index in [0.717, 1.165) is 6.26 Å². The number of nitrogen functional groups attached to an aromatic ring is 1. The van der Waals surface area contributed by atoms with Gasteiger partial charge in [-0.15, -0.1) is 5.10 Å². The van der Waals surface area contributed by atoms with Gasteiger partial charge in [0, 0.05) is 6.26 Å². The van der Waals surface area contributed by atoms with E-state index in [2.05, 4.69) is 15.2 Å². The van der Waals surface area contributed by atoms with Gasteiger partial charge in [0.05, 0.1) is 0 Å². The number of rotatable bonds is 2. The first kappa shape index (κ1) is 8.98. The molecule has 1 aromatic rings. The molecule has 12 heavy (non-hydrogen) atoms. The van der Waals surface area contributed by atoms with E-state index in [-0.39, 0.29) is 11.8 Å². The van der Waals surface area contributed by atoms with Crippen LogP contribution in [0.1, 0.15) is 18.0 Å². The Labute approximate surface area is 70.1 Å². The SMILES string of the molecule is CC(c1nc(N)n[nH]1)S(C)(=O)=O. The molecule has 0 aliphatic carbocycles. The van der Waals surface area contributed by atoms with Gasteiger partial charge in [0.25, 0.3) is 0 Å². The molecule has 7 heteroatoms. The highest BCUT2D eigenvalue weighted by Gasteiger charge is 2.20. The van der Waals surface area contributed by atoms with E-state index in [1.807, 2.05) is 0 Å². The van der Waals surface area contributed by atoms with E-state index < -0.39 is 15.1 Å². The Bertz CT molecular complexity index is 369. The number of hydrogen-bond acceptors (Lipinski definition) is 5. The van der Waals surface area contributed by atoms with Crippen LogP contribution < -0.4 is 5.73 Å². The zero-order valence-corrected chi connectivity index (χ0v) is 7.59. The molecule has 1 aromatic heterocycles. The lowest BCUT2D eigenvalue weighted by molar-refractivity contribution is 0.589. The molecule has 1 unspecified atom stereocenters. The number of aromatic amines is 1. The lowest BCUT2D eigenvalue weighted by Gasteiger charge is -2.03. The van der Waals surface area contributed by atoms with Gasteiger partial charge in [-0.1, -0.05) is 0 Å². The van der Waals surface area contributed by atoms with Gasteiger partial charge in [-0.05, 0) is 6.92 Å². The number of nitrogens with two attached hydrogens (primary N) is 1. The second kappa shape index (κ2) is 2.74. The Hall–Kier alpha value is -1.11. The smallest absolute Gasteiger partial charge is 0.239 e. The second-order valence-corrected chi connectivity index (χ2v) is 4.92. The molecular weight excluding hydrogens is 180 g/mol. The first-order valence-electron chi connectivity index (χ1n) is 3.28. The average molecular weight is 190 g/mol. The van der Waals surface area contributed by atoms with Crippen molar-refractivity contribution >= 4 is 15.8 Å². The van der Waals surface area contributed by atoms with Crippen molar-refractivity contribution in [1.82, 2.24) is 15.2 Å². The summed E-state index contributed by atoms with van der Waals surface area (Å²) in [4.78, 5) is 3.71. The third kappa shape index (κ3) is 1.73. The molecule has 0 bridgehead atoms. The van der Waals surface area contributed by atoms with Crippen LogP contribution in [-0.4, -0.2) is 29.9 Å². The quantitative estimate of drug-likeness (QED) is 0.654. The van der Waals surface area contributed by atoms with Crippen molar-refractivity contribution in [1.29, 1.82) is 0 Å². The normalized spacial score (nSPS) is 14.5. The average Bonchev–Trinajstić information content (AvgIpc) is 2.32. The van der Waals surface area contributed by atoms with Gasteiger partial charge in [0.2, 0.25) is 5.95 Å². The molecule has 0 saturated heterocycles. The number of hydrogen-bond donors (Lipinski definition) is 2. The number of aromatic nitrogens is 3. The van der Waals surface area contributed by atoms with Gasteiger partial charge in [0.15, 0.2) is 9.84 Å². The third-order valence-electron chi connectivity index (χ3n) is 1.55. The zero-order valence-electron chi connectivity index (χ0n) is 6.77. The van der Waals surface area contributed by atoms with Crippen LogP contribution in [-0.2, 0) is 9.84 Å². The van der Waals surface area contributed by atoms with Gasteiger partial charge in [-0.2, -0.15) is 4.98 Å². The summed E-state index contributed by atoms with van der Waals surface area (Å²) in [7, 11) is -3.13. The molecule has 1 atom stereocenters. The van der Waals surface area contributed by atoms with Crippen LogP contribution in [0.15, 0.2) is 0 Å². The molecule has 0 saturated carbocycles. The predicted molar refractivity (Wildman–Crippen MR) is 44.1 cm³/mol. The Balaban J connectivity index is 3.01. The summed E-state index contributed by atoms with van der Waals surface area (Å²) >= 11 is 0. The monoisotopic (exact) mass is 190 g/mol. The standard InChI is InChI=1S/C5H10N4O2S/c1-3(12(2,10)11)4-7-5(6)9-8-4/h3H,1-2H3,(H3,6,7,8,9). The van der Waals surface area contributed by atoms with Crippen LogP contribution >= 0.6 is 0 Å². The molecular formula is C5H10N4O2S. The number of H-pyrrole nitrogens is 1. The van der Waals surface area contributed by atoms with E-state index in [1.165, 1.54) is 6.92 Å². The lowest BCUT2D eigenvalue weighted by Crippen LogP contribution is -2.09. The third-order valence-corrected chi connectivity index (χ3v) is 3.06. The van der Waals surface area contributed by atoms with Gasteiger partial charge in [-0.3, -0.25) is 5.10 Å². The second-order valence-electron chi connectivity index (χ2n) is 2.55. The van der Waals surface area contributed by atoms with Gasteiger partial charge >= 0.3 is 0 Å². The first-order chi connectivity index (χ1) is 5.41. The van der Waals surface area contributed by atoms with Crippen LogP contribution in [0.25, 0.3) is 0 Å². The van der Waals surface area contributed by atoms with E-state index in [1.54, 1.807) is 0 Å². The maximum Gasteiger partial charge on any atom is 0.239 e. The number of anilines is 1. The Morgan fingerprint density at radius 1 is 1.58 bits per heavy atom. The largest absolute Gasteiger partial charge is 0.367 e. The molecule has 68 valence electrons. The number of nitrogens with zero attached hydrogens (tertiary/aromatic N) is 2. The molecule has 0 aliphatic heterocycles. The van der Waals surface area contributed by atoms with Crippen LogP contribution in [0.3, 0.4) is 0 Å². The predicted octanol–water partition coefficient (Wildman–Crippen LogP) is -0.508. The van der Waals surface area contributed by atoms with Crippen LogP contribution in [0.2, 0.25) is 0 Å². The van der Waals surface area contributed by atoms with E-state index >= 15 is 0 Å². The van der Waals surface area contributed by atoms with E-state index in [9.17, 15) is 8.42 Å². The Morgan fingerprint density at radius 2 is 2.17 bits per heavy atom. The summed E-state index contributed by atoms with van der Waals surface area (Å²) in [5.41, 5.74) is 5.21. The summed E-state index contributed by atoms with van der Waals surface area (Å²) in [6.45, 7) is 1.52. The summed E-state index contributed by atoms with van der Waals surface area (Å²) in [5.74, 6) is 0.329. The molecule has 1 rings (SSSR count). The highest BCUT2D eigenvalue weighted by molar-refractivity contribution is 7.90.